The summed E-state index contributed by atoms with van der Waals surface area (Å²) in [5.74, 6) is -0.221. The Bertz CT molecular complexity index is 1000. The number of rotatable bonds is 5. The van der Waals surface area contributed by atoms with Crippen LogP contribution >= 0.6 is 0 Å². The molecule has 1 saturated heterocycles. The Kier molecular flexibility index (Phi) is 6.34. The number of benzene rings is 2. The summed E-state index contributed by atoms with van der Waals surface area (Å²) in [5, 5.41) is 11.9. The van der Waals surface area contributed by atoms with Crippen molar-refractivity contribution in [1.82, 2.24) is 9.21 Å². The van der Waals surface area contributed by atoms with Crippen molar-refractivity contribution in [2.24, 2.45) is 0 Å². The molecule has 0 aliphatic carbocycles. The number of phenolic OH excluding ortho intramolecular Hbond substituents is 1. The minimum Gasteiger partial charge on any atom is -0.508 e. The Morgan fingerprint density at radius 3 is 2.27 bits per heavy atom. The molecule has 7 nitrogen and oxygen atoms in total. The lowest BCUT2D eigenvalue weighted by Gasteiger charge is -2.33. The molecule has 2 aromatic rings. The topological polar surface area (TPSA) is 90.0 Å². The number of amides is 1. The third-order valence-electron chi connectivity index (χ3n) is 4.65. The summed E-state index contributed by atoms with van der Waals surface area (Å²) in [4.78, 5) is 13.5. The third kappa shape index (κ3) is 5.29. The maximum absolute atomic E-state index is 12.9. The Morgan fingerprint density at radius 2 is 1.67 bits per heavy atom. The van der Waals surface area contributed by atoms with Crippen molar-refractivity contribution in [1.29, 1.82) is 0 Å². The van der Waals surface area contributed by atoms with E-state index in [0.29, 0.717) is 11.8 Å². The van der Waals surface area contributed by atoms with Crippen molar-refractivity contribution in [3.05, 3.63) is 54.1 Å². The van der Waals surface area contributed by atoms with E-state index in [9.17, 15) is 31.5 Å². The number of nitrogens with one attached hydrogen (secondary N) is 1. The van der Waals surface area contributed by atoms with Crippen LogP contribution in [0.25, 0.3) is 0 Å². The number of sulfonamides is 1. The van der Waals surface area contributed by atoms with E-state index in [2.05, 4.69) is 5.32 Å². The van der Waals surface area contributed by atoms with Crippen molar-refractivity contribution < 1.29 is 31.5 Å². The summed E-state index contributed by atoms with van der Waals surface area (Å²) in [5.41, 5.74) is -0.503. The maximum Gasteiger partial charge on any atom is 0.416 e. The molecule has 0 unspecified atom stereocenters. The van der Waals surface area contributed by atoms with Crippen molar-refractivity contribution in [3.8, 4) is 5.75 Å². The SMILES string of the molecule is O=C(CN1CCN(S(=O)(=O)c2cccc(C(F)(F)F)c2)CC1)Nc1ccc(O)cc1. The van der Waals surface area contributed by atoms with Gasteiger partial charge in [-0.05, 0) is 42.5 Å². The zero-order valence-electron chi connectivity index (χ0n) is 15.8. The Hall–Kier alpha value is -2.63. The van der Waals surface area contributed by atoms with Gasteiger partial charge in [0.05, 0.1) is 17.0 Å². The van der Waals surface area contributed by atoms with E-state index >= 15 is 0 Å². The van der Waals surface area contributed by atoms with Crippen LogP contribution in [0.15, 0.2) is 53.4 Å². The predicted octanol–water partition coefficient (Wildman–Crippen LogP) is 2.36. The number of anilines is 1. The van der Waals surface area contributed by atoms with Crippen LogP contribution in [0.1, 0.15) is 5.56 Å². The van der Waals surface area contributed by atoms with E-state index in [4.69, 9.17) is 0 Å². The van der Waals surface area contributed by atoms with Gasteiger partial charge in [0.15, 0.2) is 0 Å². The minimum atomic E-state index is -4.63. The molecule has 0 aromatic heterocycles. The first kappa shape index (κ1) is 22.1. The van der Waals surface area contributed by atoms with Crippen LogP contribution in [0.5, 0.6) is 5.75 Å². The molecule has 162 valence electrons. The Labute approximate surface area is 171 Å². The van der Waals surface area contributed by atoms with Gasteiger partial charge in [0, 0.05) is 31.9 Å². The first-order valence-corrected chi connectivity index (χ1v) is 10.5. The number of carbonyl (C=O) groups is 1. The molecule has 0 atom stereocenters. The number of halogens is 3. The first-order valence-electron chi connectivity index (χ1n) is 9.04. The van der Waals surface area contributed by atoms with Crippen molar-refractivity contribution in [2.75, 3.05) is 38.0 Å². The van der Waals surface area contributed by atoms with Crippen molar-refractivity contribution in [3.63, 3.8) is 0 Å². The van der Waals surface area contributed by atoms with Gasteiger partial charge in [0.25, 0.3) is 0 Å². The lowest BCUT2D eigenvalue weighted by molar-refractivity contribution is -0.137. The van der Waals surface area contributed by atoms with Gasteiger partial charge in [-0.3, -0.25) is 9.69 Å². The summed E-state index contributed by atoms with van der Waals surface area (Å²) in [6, 6.07) is 9.64. The number of piperazine rings is 1. The number of aromatic hydroxyl groups is 1. The van der Waals surface area contributed by atoms with Gasteiger partial charge < -0.3 is 10.4 Å². The number of hydrogen-bond acceptors (Lipinski definition) is 5. The second-order valence-electron chi connectivity index (χ2n) is 6.80. The van der Waals surface area contributed by atoms with Crippen LogP contribution < -0.4 is 5.32 Å². The molecular formula is C19H20F3N3O4S. The third-order valence-corrected chi connectivity index (χ3v) is 6.54. The molecule has 0 spiro atoms. The first-order chi connectivity index (χ1) is 14.1. The molecule has 2 N–H and O–H groups in total. The molecule has 0 saturated carbocycles. The van der Waals surface area contributed by atoms with Gasteiger partial charge in [-0.25, -0.2) is 8.42 Å². The van der Waals surface area contributed by atoms with E-state index in [-0.39, 0.29) is 44.4 Å². The number of phenols is 1. The maximum atomic E-state index is 12.9. The normalized spacial score (nSPS) is 16.4. The monoisotopic (exact) mass is 443 g/mol. The van der Waals surface area contributed by atoms with Crippen molar-refractivity contribution >= 4 is 21.6 Å². The van der Waals surface area contributed by atoms with Crippen LogP contribution in [-0.2, 0) is 21.0 Å². The zero-order chi connectivity index (χ0) is 21.9. The highest BCUT2D eigenvalue weighted by atomic mass is 32.2. The van der Waals surface area contributed by atoms with Gasteiger partial charge in [-0.2, -0.15) is 17.5 Å². The molecule has 1 amide bonds. The average Bonchev–Trinajstić information content (AvgIpc) is 2.69. The highest BCUT2D eigenvalue weighted by Crippen LogP contribution is 2.31. The highest BCUT2D eigenvalue weighted by molar-refractivity contribution is 7.89. The summed E-state index contributed by atoms with van der Waals surface area (Å²) < 4.78 is 65.2. The zero-order valence-corrected chi connectivity index (χ0v) is 16.6. The standard InChI is InChI=1S/C19H20F3N3O4S/c20-19(21,22)14-2-1-3-17(12-14)30(28,29)25-10-8-24(9-11-25)13-18(27)23-15-4-6-16(26)7-5-15/h1-7,12,26H,8-11,13H2,(H,23,27). The van der Waals surface area contributed by atoms with Gasteiger partial charge >= 0.3 is 6.18 Å². The molecule has 30 heavy (non-hydrogen) atoms. The quantitative estimate of drug-likeness (QED) is 0.693. The van der Waals surface area contributed by atoms with Gasteiger partial charge in [0.1, 0.15) is 5.75 Å². The summed E-state index contributed by atoms with van der Waals surface area (Å²) in [6.07, 6.45) is -4.63. The smallest absolute Gasteiger partial charge is 0.416 e. The second-order valence-corrected chi connectivity index (χ2v) is 8.74. The van der Waals surface area contributed by atoms with Gasteiger partial charge in [-0.1, -0.05) is 6.07 Å². The number of alkyl halides is 3. The molecular weight excluding hydrogens is 423 g/mol. The van der Waals surface area contributed by atoms with Crippen LogP contribution in [-0.4, -0.2) is 61.4 Å². The minimum absolute atomic E-state index is 0.0400. The van der Waals surface area contributed by atoms with E-state index < -0.39 is 26.7 Å². The van der Waals surface area contributed by atoms with E-state index in [1.165, 1.54) is 12.1 Å². The fourth-order valence-corrected chi connectivity index (χ4v) is 4.53. The molecule has 1 aliphatic rings. The summed E-state index contributed by atoms with van der Waals surface area (Å²) >= 11 is 0. The largest absolute Gasteiger partial charge is 0.508 e. The number of hydrogen-bond donors (Lipinski definition) is 2. The van der Waals surface area contributed by atoms with Crippen molar-refractivity contribution in [2.45, 2.75) is 11.1 Å². The van der Waals surface area contributed by atoms with Crippen LogP contribution in [0, 0.1) is 0 Å². The molecule has 1 aliphatic heterocycles. The summed E-state index contributed by atoms with van der Waals surface area (Å²) in [6.45, 7) is 0.691. The lowest BCUT2D eigenvalue weighted by atomic mass is 10.2. The predicted molar refractivity (Wildman–Crippen MR) is 103 cm³/mol. The molecule has 1 fully saturated rings. The number of nitrogens with zero attached hydrogens (tertiary/aromatic N) is 2. The van der Waals surface area contributed by atoms with Crippen LogP contribution in [0.4, 0.5) is 18.9 Å². The van der Waals surface area contributed by atoms with Crippen LogP contribution in [0.2, 0.25) is 0 Å². The van der Waals surface area contributed by atoms with Gasteiger partial charge in [0.2, 0.25) is 15.9 Å². The van der Waals surface area contributed by atoms with Gasteiger partial charge in [-0.15, -0.1) is 0 Å². The molecule has 3 rings (SSSR count). The molecule has 11 heteroatoms. The van der Waals surface area contributed by atoms with E-state index in [1.54, 1.807) is 17.0 Å². The molecule has 0 radical (unpaired) electrons. The Balaban J connectivity index is 1.58. The second kappa shape index (κ2) is 8.62. The van der Waals surface area contributed by atoms with E-state index in [1.807, 2.05) is 0 Å². The molecule has 2 aromatic carbocycles. The van der Waals surface area contributed by atoms with Crippen LogP contribution in [0.3, 0.4) is 0 Å². The highest BCUT2D eigenvalue weighted by Gasteiger charge is 2.34. The summed E-state index contributed by atoms with van der Waals surface area (Å²) in [7, 11) is -4.07. The number of carbonyl (C=O) groups excluding carboxylic acids is 1. The fraction of sp³-hybridized carbons (Fsp3) is 0.316. The Morgan fingerprint density at radius 1 is 1.03 bits per heavy atom. The molecule has 0 bridgehead atoms. The van der Waals surface area contributed by atoms with E-state index in [0.717, 1.165) is 22.5 Å². The fourth-order valence-electron chi connectivity index (χ4n) is 3.06. The lowest BCUT2D eigenvalue weighted by Crippen LogP contribution is -2.50. The molecule has 1 heterocycles. The average molecular weight is 443 g/mol.